The summed E-state index contributed by atoms with van der Waals surface area (Å²) >= 11 is 9.53. The highest BCUT2D eigenvalue weighted by atomic mass is 79.9. The van der Waals surface area contributed by atoms with Gasteiger partial charge in [-0.2, -0.15) is 0 Å². The molecule has 116 valence electrons. The van der Waals surface area contributed by atoms with E-state index in [4.69, 9.17) is 16.3 Å². The Balaban J connectivity index is 1.70. The quantitative estimate of drug-likeness (QED) is 0.659. The standard InChI is InChI=1S/C18H13BrClNO2/c19-12-5-7-13(8-6-12)21-18(22)11-23-17-10-9-16(20)14-3-1-2-4-15(14)17/h1-10H,11H2,(H,21,22). The Kier molecular flexibility index (Phi) is 4.84. The Hall–Kier alpha value is -2.04. The Morgan fingerprint density at radius 1 is 1.00 bits per heavy atom. The van der Waals surface area contributed by atoms with Gasteiger partial charge in [-0.15, -0.1) is 0 Å². The van der Waals surface area contributed by atoms with Crippen molar-refractivity contribution >= 4 is 49.9 Å². The minimum absolute atomic E-state index is 0.0678. The van der Waals surface area contributed by atoms with E-state index in [1.807, 2.05) is 48.5 Å². The van der Waals surface area contributed by atoms with Crippen molar-refractivity contribution in [2.45, 2.75) is 0 Å². The third-order valence-electron chi connectivity index (χ3n) is 3.32. The normalized spacial score (nSPS) is 10.5. The zero-order chi connectivity index (χ0) is 16.2. The maximum atomic E-state index is 12.0. The molecule has 0 aliphatic heterocycles. The molecule has 0 spiro atoms. The Bertz CT molecular complexity index is 849. The Morgan fingerprint density at radius 2 is 1.70 bits per heavy atom. The molecule has 1 N–H and O–H groups in total. The van der Waals surface area contributed by atoms with Crippen LogP contribution in [-0.4, -0.2) is 12.5 Å². The molecule has 0 saturated carbocycles. The average Bonchev–Trinajstić information content (AvgIpc) is 2.57. The van der Waals surface area contributed by atoms with Crippen LogP contribution in [0.1, 0.15) is 0 Å². The van der Waals surface area contributed by atoms with Gasteiger partial charge in [0.15, 0.2) is 6.61 Å². The average molecular weight is 391 g/mol. The van der Waals surface area contributed by atoms with E-state index >= 15 is 0 Å². The van der Waals surface area contributed by atoms with Crippen molar-refractivity contribution in [3.63, 3.8) is 0 Å². The number of anilines is 1. The first-order valence-electron chi connectivity index (χ1n) is 6.99. The predicted octanol–water partition coefficient (Wildman–Crippen LogP) is 5.27. The van der Waals surface area contributed by atoms with Crippen molar-refractivity contribution in [1.82, 2.24) is 0 Å². The van der Waals surface area contributed by atoms with Gasteiger partial charge >= 0.3 is 0 Å². The molecule has 0 heterocycles. The zero-order valence-electron chi connectivity index (χ0n) is 12.1. The number of amides is 1. The fraction of sp³-hybridized carbons (Fsp3) is 0.0556. The number of benzene rings is 3. The molecule has 1 amide bonds. The van der Waals surface area contributed by atoms with Crippen molar-refractivity contribution < 1.29 is 9.53 Å². The Morgan fingerprint density at radius 3 is 2.43 bits per heavy atom. The summed E-state index contributed by atoms with van der Waals surface area (Å²) in [6.07, 6.45) is 0. The van der Waals surface area contributed by atoms with Gasteiger partial charge in [-0.25, -0.2) is 0 Å². The topological polar surface area (TPSA) is 38.3 Å². The molecule has 23 heavy (non-hydrogen) atoms. The number of rotatable bonds is 4. The molecular weight excluding hydrogens is 378 g/mol. The first-order valence-corrected chi connectivity index (χ1v) is 8.16. The van der Waals surface area contributed by atoms with Crippen LogP contribution in [0.2, 0.25) is 5.02 Å². The summed E-state index contributed by atoms with van der Waals surface area (Å²) in [4.78, 5) is 12.0. The summed E-state index contributed by atoms with van der Waals surface area (Å²) in [5.41, 5.74) is 0.725. The number of fused-ring (bicyclic) bond motifs is 1. The molecule has 0 atom stereocenters. The highest BCUT2D eigenvalue weighted by molar-refractivity contribution is 9.10. The molecule has 3 aromatic carbocycles. The van der Waals surface area contributed by atoms with E-state index in [-0.39, 0.29) is 12.5 Å². The van der Waals surface area contributed by atoms with Crippen molar-refractivity contribution in [2.75, 3.05) is 11.9 Å². The molecule has 0 radical (unpaired) electrons. The minimum Gasteiger partial charge on any atom is -0.483 e. The van der Waals surface area contributed by atoms with Gasteiger partial charge in [0.25, 0.3) is 5.91 Å². The lowest BCUT2D eigenvalue weighted by Crippen LogP contribution is -2.20. The van der Waals surface area contributed by atoms with Crippen LogP contribution in [0.5, 0.6) is 5.75 Å². The largest absolute Gasteiger partial charge is 0.483 e. The van der Waals surface area contributed by atoms with Gasteiger partial charge in [0.05, 0.1) is 0 Å². The first-order chi connectivity index (χ1) is 11.1. The van der Waals surface area contributed by atoms with E-state index in [9.17, 15) is 4.79 Å². The second-order valence-corrected chi connectivity index (χ2v) is 6.26. The lowest BCUT2D eigenvalue weighted by molar-refractivity contribution is -0.118. The van der Waals surface area contributed by atoms with Crippen LogP contribution >= 0.6 is 27.5 Å². The maximum Gasteiger partial charge on any atom is 0.262 e. The monoisotopic (exact) mass is 389 g/mol. The second kappa shape index (κ2) is 7.02. The zero-order valence-corrected chi connectivity index (χ0v) is 14.4. The van der Waals surface area contributed by atoms with Crippen LogP contribution in [0.15, 0.2) is 65.1 Å². The SMILES string of the molecule is O=C(COc1ccc(Cl)c2ccccc12)Nc1ccc(Br)cc1. The van der Waals surface area contributed by atoms with Crippen LogP contribution in [0.3, 0.4) is 0 Å². The van der Waals surface area contributed by atoms with Crippen LogP contribution in [0, 0.1) is 0 Å². The van der Waals surface area contributed by atoms with Crippen molar-refractivity contribution in [1.29, 1.82) is 0 Å². The van der Waals surface area contributed by atoms with Gasteiger partial charge in [0.1, 0.15) is 5.75 Å². The maximum absolute atomic E-state index is 12.0. The molecule has 0 aliphatic carbocycles. The molecule has 3 rings (SSSR count). The van der Waals surface area contributed by atoms with Gasteiger partial charge in [-0.3, -0.25) is 4.79 Å². The first kappa shape index (κ1) is 15.8. The third kappa shape index (κ3) is 3.84. The fourth-order valence-electron chi connectivity index (χ4n) is 2.23. The molecule has 3 aromatic rings. The summed E-state index contributed by atoms with van der Waals surface area (Å²) in [5, 5.41) is 5.24. The van der Waals surface area contributed by atoms with Crippen LogP contribution < -0.4 is 10.1 Å². The smallest absolute Gasteiger partial charge is 0.262 e. The van der Waals surface area contributed by atoms with Crippen molar-refractivity contribution in [3.8, 4) is 5.75 Å². The number of carbonyl (C=O) groups excluding carboxylic acids is 1. The number of halogens is 2. The van der Waals surface area contributed by atoms with Crippen LogP contribution in [0.4, 0.5) is 5.69 Å². The lowest BCUT2D eigenvalue weighted by atomic mass is 10.1. The summed E-state index contributed by atoms with van der Waals surface area (Å²) in [7, 11) is 0. The van der Waals surface area contributed by atoms with Gasteiger partial charge in [-0.1, -0.05) is 51.8 Å². The molecule has 5 heteroatoms. The van der Waals surface area contributed by atoms with E-state index in [2.05, 4.69) is 21.2 Å². The molecule has 0 aromatic heterocycles. The van der Waals surface area contributed by atoms with E-state index < -0.39 is 0 Å². The van der Waals surface area contributed by atoms with Gasteiger partial charge < -0.3 is 10.1 Å². The third-order valence-corrected chi connectivity index (χ3v) is 4.18. The Labute approximate surface area is 147 Å². The number of hydrogen-bond acceptors (Lipinski definition) is 2. The predicted molar refractivity (Wildman–Crippen MR) is 97.2 cm³/mol. The van der Waals surface area contributed by atoms with E-state index in [1.165, 1.54) is 0 Å². The van der Waals surface area contributed by atoms with E-state index in [0.717, 1.165) is 20.9 Å². The summed E-state index contributed by atoms with van der Waals surface area (Å²) in [6.45, 7) is -0.0678. The van der Waals surface area contributed by atoms with Gasteiger partial charge in [0.2, 0.25) is 0 Å². The van der Waals surface area contributed by atoms with Gasteiger partial charge in [-0.05, 0) is 36.4 Å². The summed E-state index contributed by atoms with van der Waals surface area (Å²) in [6, 6.07) is 18.6. The highest BCUT2D eigenvalue weighted by Gasteiger charge is 2.08. The molecule has 0 saturated heterocycles. The number of hydrogen-bond donors (Lipinski definition) is 1. The number of nitrogens with one attached hydrogen (secondary N) is 1. The fourth-order valence-corrected chi connectivity index (χ4v) is 2.73. The van der Waals surface area contributed by atoms with Crippen molar-refractivity contribution in [3.05, 3.63) is 70.2 Å². The number of carbonyl (C=O) groups is 1. The minimum atomic E-state index is -0.216. The highest BCUT2D eigenvalue weighted by Crippen LogP contribution is 2.31. The molecule has 0 aliphatic rings. The van der Waals surface area contributed by atoms with Crippen molar-refractivity contribution in [2.24, 2.45) is 0 Å². The van der Waals surface area contributed by atoms with Crippen LogP contribution in [-0.2, 0) is 4.79 Å². The molecular formula is C18H13BrClNO2. The van der Waals surface area contributed by atoms with E-state index in [1.54, 1.807) is 12.1 Å². The second-order valence-electron chi connectivity index (χ2n) is 4.93. The lowest BCUT2D eigenvalue weighted by Gasteiger charge is -2.10. The summed E-state index contributed by atoms with van der Waals surface area (Å²) in [5.74, 6) is 0.419. The molecule has 0 unspecified atom stereocenters. The molecule has 3 nitrogen and oxygen atoms in total. The van der Waals surface area contributed by atoms with Gasteiger partial charge in [0, 0.05) is 26.0 Å². The van der Waals surface area contributed by atoms with E-state index in [0.29, 0.717) is 10.8 Å². The van der Waals surface area contributed by atoms with Crippen LogP contribution in [0.25, 0.3) is 10.8 Å². The molecule has 0 fully saturated rings. The summed E-state index contributed by atoms with van der Waals surface area (Å²) < 4.78 is 6.61. The number of ether oxygens (including phenoxy) is 1. The molecule has 0 bridgehead atoms.